The van der Waals surface area contributed by atoms with E-state index in [9.17, 15) is 18.8 Å². The first-order chi connectivity index (χ1) is 12.9. The molecule has 0 aromatic heterocycles. The third kappa shape index (κ3) is 4.40. The SMILES string of the molecule is O=C(CN1C(=O)S/C(=C\c2c(F)cccc2Cl)C1=O)Nc1ccccc1Br. The van der Waals surface area contributed by atoms with Crippen molar-refractivity contribution < 1.29 is 18.8 Å². The molecular weight excluding hydrogens is 459 g/mol. The van der Waals surface area contributed by atoms with E-state index in [-0.39, 0.29) is 15.5 Å². The fourth-order valence-electron chi connectivity index (χ4n) is 2.31. The van der Waals surface area contributed by atoms with E-state index < -0.39 is 29.4 Å². The molecule has 0 spiro atoms. The Hall–Kier alpha value is -2.16. The summed E-state index contributed by atoms with van der Waals surface area (Å²) in [5.74, 6) is -1.82. The monoisotopic (exact) mass is 468 g/mol. The van der Waals surface area contributed by atoms with Crippen LogP contribution in [0, 0.1) is 5.82 Å². The van der Waals surface area contributed by atoms with Crippen molar-refractivity contribution in [2.24, 2.45) is 0 Å². The van der Waals surface area contributed by atoms with E-state index in [0.29, 0.717) is 21.9 Å². The molecule has 3 amide bonds. The lowest BCUT2D eigenvalue weighted by Gasteiger charge is -2.13. The topological polar surface area (TPSA) is 66.5 Å². The predicted octanol–water partition coefficient (Wildman–Crippen LogP) is 4.92. The normalized spacial score (nSPS) is 15.5. The number of anilines is 1. The number of para-hydroxylation sites is 1. The number of amides is 3. The number of nitrogens with zero attached hydrogens (tertiary/aromatic N) is 1. The number of carbonyl (C=O) groups excluding carboxylic acids is 3. The van der Waals surface area contributed by atoms with Gasteiger partial charge < -0.3 is 5.32 Å². The van der Waals surface area contributed by atoms with Crippen molar-refractivity contribution in [1.29, 1.82) is 0 Å². The van der Waals surface area contributed by atoms with Gasteiger partial charge in [-0.1, -0.05) is 29.8 Å². The van der Waals surface area contributed by atoms with Crippen LogP contribution in [0.2, 0.25) is 5.02 Å². The molecule has 1 fully saturated rings. The van der Waals surface area contributed by atoms with E-state index in [1.165, 1.54) is 24.3 Å². The molecule has 2 aromatic carbocycles. The van der Waals surface area contributed by atoms with Crippen LogP contribution in [-0.2, 0) is 9.59 Å². The van der Waals surface area contributed by atoms with Gasteiger partial charge in [0.1, 0.15) is 12.4 Å². The van der Waals surface area contributed by atoms with Crippen LogP contribution >= 0.6 is 39.3 Å². The van der Waals surface area contributed by atoms with Crippen LogP contribution in [0.4, 0.5) is 14.9 Å². The molecule has 0 aliphatic carbocycles. The first-order valence-electron chi connectivity index (χ1n) is 7.60. The van der Waals surface area contributed by atoms with Gasteiger partial charge in [-0.2, -0.15) is 0 Å². The molecule has 0 saturated carbocycles. The predicted molar refractivity (Wildman–Crippen MR) is 107 cm³/mol. The second-order valence-corrected chi connectivity index (χ2v) is 7.69. The molecule has 1 N–H and O–H groups in total. The average molecular weight is 470 g/mol. The zero-order valence-electron chi connectivity index (χ0n) is 13.5. The van der Waals surface area contributed by atoms with Crippen LogP contribution in [-0.4, -0.2) is 28.5 Å². The Morgan fingerprint density at radius 2 is 1.96 bits per heavy atom. The molecule has 138 valence electrons. The minimum atomic E-state index is -0.674. The standard InChI is InChI=1S/C18H11BrClFN2O3S/c19-11-4-1-2-7-14(11)22-16(24)9-23-17(25)15(27-18(23)26)8-10-12(20)5-3-6-13(10)21/h1-8H,9H2,(H,22,24)/b15-8-. The largest absolute Gasteiger partial charge is 0.324 e. The average Bonchev–Trinajstić information content (AvgIpc) is 2.88. The van der Waals surface area contributed by atoms with E-state index in [4.69, 9.17) is 11.6 Å². The number of imide groups is 1. The van der Waals surface area contributed by atoms with Crippen LogP contribution in [0.1, 0.15) is 5.56 Å². The van der Waals surface area contributed by atoms with Gasteiger partial charge in [0.2, 0.25) is 5.91 Å². The number of rotatable bonds is 4. The Morgan fingerprint density at radius 1 is 1.22 bits per heavy atom. The molecule has 5 nitrogen and oxygen atoms in total. The van der Waals surface area contributed by atoms with Crippen LogP contribution in [0.25, 0.3) is 6.08 Å². The lowest BCUT2D eigenvalue weighted by molar-refractivity contribution is -0.127. The lowest BCUT2D eigenvalue weighted by atomic mass is 10.2. The molecule has 1 aliphatic rings. The molecule has 0 unspecified atom stereocenters. The summed E-state index contributed by atoms with van der Waals surface area (Å²) in [6.07, 6.45) is 1.22. The minimum Gasteiger partial charge on any atom is -0.324 e. The molecule has 1 aliphatic heterocycles. The Morgan fingerprint density at radius 3 is 2.67 bits per heavy atom. The number of halogens is 3. The summed E-state index contributed by atoms with van der Waals surface area (Å²) in [7, 11) is 0. The Bertz CT molecular complexity index is 963. The fourth-order valence-corrected chi connectivity index (χ4v) is 3.73. The highest BCUT2D eigenvalue weighted by Gasteiger charge is 2.36. The van der Waals surface area contributed by atoms with Gasteiger partial charge in [0.15, 0.2) is 0 Å². The van der Waals surface area contributed by atoms with Crippen LogP contribution < -0.4 is 5.32 Å². The molecule has 0 atom stereocenters. The highest BCUT2D eigenvalue weighted by atomic mass is 79.9. The fraction of sp³-hybridized carbons (Fsp3) is 0.0556. The zero-order chi connectivity index (χ0) is 19.6. The van der Waals surface area contributed by atoms with Gasteiger partial charge in [0, 0.05) is 10.0 Å². The summed E-state index contributed by atoms with van der Waals surface area (Å²) in [4.78, 5) is 37.6. The van der Waals surface area contributed by atoms with Gasteiger partial charge in [-0.3, -0.25) is 19.3 Å². The molecule has 27 heavy (non-hydrogen) atoms. The molecule has 0 radical (unpaired) electrons. The summed E-state index contributed by atoms with van der Waals surface area (Å²) in [6.45, 7) is -0.450. The summed E-state index contributed by atoms with van der Waals surface area (Å²) in [5.41, 5.74) is 0.533. The van der Waals surface area contributed by atoms with Gasteiger partial charge in [0.25, 0.3) is 11.1 Å². The number of hydrogen-bond donors (Lipinski definition) is 1. The first-order valence-corrected chi connectivity index (χ1v) is 9.59. The Balaban J connectivity index is 1.76. The summed E-state index contributed by atoms with van der Waals surface area (Å²) in [5, 5.41) is 2.13. The summed E-state index contributed by atoms with van der Waals surface area (Å²) in [6, 6.07) is 11.1. The van der Waals surface area contributed by atoms with Crippen molar-refractivity contribution in [3.63, 3.8) is 0 Å². The van der Waals surface area contributed by atoms with Crippen LogP contribution in [0.15, 0.2) is 51.8 Å². The Kier molecular flexibility index (Phi) is 5.98. The van der Waals surface area contributed by atoms with E-state index >= 15 is 0 Å². The van der Waals surface area contributed by atoms with Crippen LogP contribution in [0.5, 0.6) is 0 Å². The van der Waals surface area contributed by atoms with Crippen molar-refractivity contribution in [3.8, 4) is 0 Å². The minimum absolute atomic E-state index is 0.000640. The summed E-state index contributed by atoms with van der Waals surface area (Å²) < 4.78 is 14.6. The highest BCUT2D eigenvalue weighted by molar-refractivity contribution is 9.10. The number of thioether (sulfide) groups is 1. The molecule has 0 bridgehead atoms. The van der Waals surface area contributed by atoms with Gasteiger partial charge in [-0.25, -0.2) is 4.39 Å². The van der Waals surface area contributed by atoms with Gasteiger partial charge in [-0.05, 0) is 58.0 Å². The lowest BCUT2D eigenvalue weighted by Crippen LogP contribution is -2.36. The first kappa shape index (κ1) is 19.6. The molecule has 9 heteroatoms. The van der Waals surface area contributed by atoms with E-state index in [2.05, 4.69) is 21.2 Å². The molecule has 1 saturated heterocycles. The van der Waals surface area contributed by atoms with Gasteiger partial charge in [0.05, 0.1) is 15.6 Å². The maximum Gasteiger partial charge on any atom is 0.294 e. The molecule has 1 heterocycles. The highest BCUT2D eigenvalue weighted by Crippen LogP contribution is 2.34. The van der Waals surface area contributed by atoms with Gasteiger partial charge >= 0.3 is 0 Å². The third-order valence-electron chi connectivity index (χ3n) is 3.60. The Labute approximate surface area is 171 Å². The van der Waals surface area contributed by atoms with Crippen molar-refractivity contribution in [2.75, 3.05) is 11.9 Å². The molecular formula is C18H11BrClFN2O3S. The summed E-state index contributed by atoms with van der Waals surface area (Å²) >= 11 is 9.87. The van der Waals surface area contributed by atoms with Crippen molar-refractivity contribution in [2.45, 2.75) is 0 Å². The second kappa shape index (κ2) is 8.24. The number of hydrogen-bond acceptors (Lipinski definition) is 4. The third-order valence-corrected chi connectivity index (χ3v) is 5.53. The number of nitrogens with one attached hydrogen (secondary N) is 1. The van der Waals surface area contributed by atoms with Gasteiger partial charge in [-0.15, -0.1) is 0 Å². The maximum absolute atomic E-state index is 13.9. The quantitative estimate of drug-likeness (QED) is 0.646. The van der Waals surface area contributed by atoms with E-state index in [1.807, 2.05) is 0 Å². The van der Waals surface area contributed by atoms with E-state index in [1.54, 1.807) is 24.3 Å². The molecule has 2 aromatic rings. The number of benzene rings is 2. The smallest absolute Gasteiger partial charge is 0.294 e. The maximum atomic E-state index is 13.9. The van der Waals surface area contributed by atoms with Crippen molar-refractivity contribution in [1.82, 2.24) is 4.90 Å². The zero-order valence-corrected chi connectivity index (χ0v) is 16.7. The van der Waals surface area contributed by atoms with Crippen molar-refractivity contribution in [3.05, 3.63) is 68.2 Å². The van der Waals surface area contributed by atoms with Crippen molar-refractivity contribution >= 4 is 68.1 Å². The molecule has 3 rings (SSSR count). The number of carbonyl (C=O) groups is 3. The van der Waals surface area contributed by atoms with Crippen LogP contribution in [0.3, 0.4) is 0 Å². The van der Waals surface area contributed by atoms with E-state index in [0.717, 1.165) is 4.90 Å². The second-order valence-electron chi connectivity index (χ2n) is 5.43.